The number of hydrogen-bond donors (Lipinski definition) is 0. The van der Waals surface area contributed by atoms with E-state index in [-0.39, 0.29) is 6.29 Å². The van der Waals surface area contributed by atoms with Gasteiger partial charge in [-0.25, -0.2) is 4.79 Å². The molecule has 0 N–H and O–H groups in total. The van der Waals surface area contributed by atoms with Crippen LogP contribution >= 0.6 is 0 Å². The van der Waals surface area contributed by atoms with Crippen molar-refractivity contribution in [2.75, 3.05) is 7.11 Å². The first-order chi connectivity index (χ1) is 8.38. The zero-order chi connectivity index (χ0) is 13.8. The molecule has 0 fully saturated rings. The highest BCUT2D eigenvalue weighted by Crippen LogP contribution is 2.31. The summed E-state index contributed by atoms with van der Waals surface area (Å²) >= 11 is 0. The second-order valence-corrected chi connectivity index (χ2v) is 3.32. The molecule has 0 unspecified atom stereocenters. The van der Waals surface area contributed by atoms with Crippen molar-refractivity contribution in [1.29, 1.82) is 0 Å². The number of esters is 1. The average molecular weight is 258 g/mol. The van der Waals surface area contributed by atoms with Gasteiger partial charge in [0.15, 0.2) is 6.29 Å². The van der Waals surface area contributed by atoms with Crippen LogP contribution in [0.4, 0.5) is 13.2 Å². The molecule has 18 heavy (non-hydrogen) atoms. The maximum atomic E-state index is 12.5. The van der Waals surface area contributed by atoms with Crippen LogP contribution in [-0.4, -0.2) is 19.4 Å². The van der Waals surface area contributed by atoms with Gasteiger partial charge >= 0.3 is 12.1 Å². The zero-order valence-corrected chi connectivity index (χ0v) is 9.32. The van der Waals surface area contributed by atoms with Gasteiger partial charge in [-0.1, -0.05) is 6.07 Å². The van der Waals surface area contributed by atoms with Gasteiger partial charge in [-0.05, 0) is 23.8 Å². The van der Waals surface area contributed by atoms with Crippen molar-refractivity contribution >= 4 is 18.3 Å². The summed E-state index contributed by atoms with van der Waals surface area (Å²) in [7, 11) is 1.18. The van der Waals surface area contributed by atoms with Crippen LogP contribution < -0.4 is 0 Å². The van der Waals surface area contributed by atoms with Crippen molar-refractivity contribution in [3.05, 3.63) is 41.0 Å². The summed E-state index contributed by atoms with van der Waals surface area (Å²) in [6.07, 6.45) is -2.14. The van der Waals surface area contributed by atoms with E-state index in [9.17, 15) is 22.8 Å². The fraction of sp³-hybridized carbons (Fsp3) is 0.167. The molecule has 0 saturated heterocycles. The molecule has 0 radical (unpaired) electrons. The normalized spacial score (nSPS) is 11.6. The van der Waals surface area contributed by atoms with Gasteiger partial charge in [0.05, 0.1) is 12.7 Å². The Hall–Kier alpha value is -2.11. The number of methoxy groups -OCH3 is 1. The van der Waals surface area contributed by atoms with Crippen LogP contribution in [0.3, 0.4) is 0 Å². The monoisotopic (exact) mass is 258 g/mol. The van der Waals surface area contributed by atoms with E-state index >= 15 is 0 Å². The van der Waals surface area contributed by atoms with Crippen molar-refractivity contribution < 1.29 is 27.5 Å². The van der Waals surface area contributed by atoms with E-state index in [4.69, 9.17) is 0 Å². The molecule has 0 aliphatic carbocycles. The molecule has 96 valence electrons. The minimum atomic E-state index is -4.58. The standard InChI is InChI=1S/C12H9F3O3/c1-18-11(17)5-3-8-2-4-10(12(13,14)15)9(6-8)7-16/h2-7H,1H3/b5-3+. The van der Waals surface area contributed by atoms with E-state index in [1.807, 2.05) is 0 Å². The number of hydrogen-bond acceptors (Lipinski definition) is 3. The summed E-state index contributed by atoms with van der Waals surface area (Å²) in [4.78, 5) is 21.4. The number of benzene rings is 1. The van der Waals surface area contributed by atoms with E-state index in [0.29, 0.717) is 5.56 Å². The highest BCUT2D eigenvalue weighted by Gasteiger charge is 2.33. The Morgan fingerprint density at radius 3 is 2.50 bits per heavy atom. The van der Waals surface area contributed by atoms with Crippen molar-refractivity contribution in [2.45, 2.75) is 6.18 Å². The van der Waals surface area contributed by atoms with Gasteiger partial charge < -0.3 is 4.74 Å². The summed E-state index contributed by atoms with van der Waals surface area (Å²) in [6, 6.07) is 3.01. The second kappa shape index (κ2) is 5.48. The SMILES string of the molecule is COC(=O)/C=C/c1ccc(C(F)(F)F)c(C=O)c1. The van der Waals surface area contributed by atoms with Crippen LogP contribution in [0.5, 0.6) is 0 Å². The predicted molar refractivity (Wildman–Crippen MR) is 57.9 cm³/mol. The Morgan fingerprint density at radius 1 is 1.33 bits per heavy atom. The number of ether oxygens (including phenoxy) is 1. The summed E-state index contributed by atoms with van der Waals surface area (Å²) in [6.45, 7) is 0. The number of halogens is 3. The maximum absolute atomic E-state index is 12.5. The fourth-order valence-electron chi connectivity index (χ4n) is 1.27. The first-order valence-corrected chi connectivity index (χ1v) is 4.81. The molecule has 1 rings (SSSR count). The van der Waals surface area contributed by atoms with Crippen LogP contribution in [0.15, 0.2) is 24.3 Å². The molecule has 1 aromatic carbocycles. The third-order valence-corrected chi connectivity index (χ3v) is 2.12. The zero-order valence-electron chi connectivity index (χ0n) is 9.32. The molecule has 0 aliphatic heterocycles. The number of rotatable bonds is 3. The van der Waals surface area contributed by atoms with E-state index in [0.717, 1.165) is 24.3 Å². The molecule has 0 spiro atoms. The lowest BCUT2D eigenvalue weighted by atomic mass is 10.0. The lowest BCUT2D eigenvalue weighted by Gasteiger charge is -2.09. The quantitative estimate of drug-likeness (QED) is 0.475. The molecule has 1 aromatic rings. The lowest BCUT2D eigenvalue weighted by Crippen LogP contribution is -2.08. The largest absolute Gasteiger partial charge is 0.466 e. The van der Waals surface area contributed by atoms with Gasteiger partial charge in [-0.3, -0.25) is 4.79 Å². The van der Waals surface area contributed by atoms with Gasteiger partial charge in [0, 0.05) is 11.6 Å². The first kappa shape index (κ1) is 14.0. The molecule has 0 aliphatic rings. The van der Waals surface area contributed by atoms with Crippen molar-refractivity contribution in [3.8, 4) is 0 Å². The van der Waals surface area contributed by atoms with E-state index in [1.54, 1.807) is 0 Å². The van der Waals surface area contributed by atoms with Gasteiger partial charge in [0.1, 0.15) is 0 Å². The van der Waals surface area contributed by atoms with Gasteiger partial charge in [0.2, 0.25) is 0 Å². The van der Waals surface area contributed by atoms with Crippen molar-refractivity contribution in [3.63, 3.8) is 0 Å². The third-order valence-electron chi connectivity index (χ3n) is 2.12. The Bertz CT molecular complexity index is 490. The molecule has 6 heteroatoms. The van der Waals surface area contributed by atoms with Crippen LogP contribution in [0.25, 0.3) is 6.08 Å². The highest BCUT2D eigenvalue weighted by molar-refractivity contribution is 5.87. The molecule has 0 aromatic heterocycles. The number of carbonyl (C=O) groups is 2. The molecule has 0 saturated carbocycles. The molecule has 0 amide bonds. The van der Waals surface area contributed by atoms with E-state index in [1.165, 1.54) is 13.2 Å². The van der Waals surface area contributed by atoms with E-state index in [2.05, 4.69) is 4.74 Å². The predicted octanol–water partition coefficient (Wildman–Crippen LogP) is 2.70. The number of alkyl halides is 3. The fourth-order valence-corrected chi connectivity index (χ4v) is 1.27. The summed E-state index contributed by atoms with van der Waals surface area (Å²) in [5.41, 5.74) is -1.18. The van der Waals surface area contributed by atoms with Gasteiger partial charge in [-0.15, -0.1) is 0 Å². The molecular formula is C12H9F3O3. The summed E-state index contributed by atoms with van der Waals surface area (Å²) < 4.78 is 41.8. The Labute approximate surface area is 101 Å². The van der Waals surface area contributed by atoms with E-state index < -0.39 is 23.3 Å². The highest BCUT2D eigenvalue weighted by atomic mass is 19.4. The minimum Gasteiger partial charge on any atom is -0.466 e. The van der Waals surface area contributed by atoms with Gasteiger partial charge in [0.25, 0.3) is 0 Å². The van der Waals surface area contributed by atoms with Crippen LogP contribution in [0, 0.1) is 0 Å². The molecule has 3 nitrogen and oxygen atoms in total. The Kier molecular flexibility index (Phi) is 4.25. The van der Waals surface area contributed by atoms with Crippen molar-refractivity contribution in [1.82, 2.24) is 0 Å². The average Bonchev–Trinajstić information content (AvgIpc) is 2.34. The van der Waals surface area contributed by atoms with Crippen molar-refractivity contribution in [2.24, 2.45) is 0 Å². The van der Waals surface area contributed by atoms with Crippen LogP contribution in [0.1, 0.15) is 21.5 Å². The van der Waals surface area contributed by atoms with Gasteiger partial charge in [-0.2, -0.15) is 13.2 Å². The topological polar surface area (TPSA) is 43.4 Å². The molecule has 0 bridgehead atoms. The van der Waals surface area contributed by atoms with Crippen LogP contribution in [-0.2, 0) is 15.7 Å². The number of aldehydes is 1. The molecule has 0 atom stereocenters. The summed E-state index contributed by atoms with van der Waals surface area (Å²) in [5.74, 6) is -0.637. The summed E-state index contributed by atoms with van der Waals surface area (Å²) in [5, 5.41) is 0. The maximum Gasteiger partial charge on any atom is 0.417 e. The first-order valence-electron chi connectivity index (χ1n) is 4.81. The smallest absolute Gasteiger partial charge is 0.417 e. The minimum absolute atomic E-state index is 0.123. The second-order valence-electron chi connectivity index (χ2n) is 3.32. The van der Waals surface area contributed by atoms with Crippen LogP contribution in [0.2, 0.25) is 0 Å². The molecule has 0 heterocycles. The third kappa shape index (κ3) is 3.44. The Morgan fingerprint density at radius 2 is 2.00 bits per heavy atom. The molecular weight excluding hydrogens is 249 g/mol. The number of carbonyl (C=O) groups excluding carboxylic acids is 2. The lowest BCUT2D eigenvalue weighted by molar-refractivity contribution is -0.138. The Balaban J connectivity index is 3.10.